The summed E-state index contributed by atoms with van der Waals surface area (Å²) in [5.41, 5.74) is 0.490. The molecule has 0 bridgehead atoms. The summed E-state index contributed by atoms with van der Waals surface area (Å²) in [6.07, 6.45) is 13.3. The number of terminal acetylenes is 1. The molecule has 1 aromatic carbocycles. The molecule has 5 aromatic rings. The van der Waals surface area contributed by atoms with Gasteiger partial charge in [0.1, 0.15) is 24.9 Å². The first-order valence-electron chi connectivity index (χ1n) is 24.0. The van der Waals surface area contributed by atoms with E-state index in [2.05, 4.69) is 93.8 Å². The SMILES string of the molecule is C#CCN1C(=O)COc2cc(F)c(/N=c3\snc4n3CC(C)(C)C4)cc21.CCNc1nc(Cl)nc(NC(C)C)n1.COc1cc(OC)nc(NC(=O)NS(=O)(=O)c2ncccc2C(=O)N(C)C)n1.C[S+](C)C.O=C(O)CNCP(=O)([O-])O. The number of aromatic nitrogens is 8. The first-order valence-corrected chi connectivity index (χ1v) is 30.8. The van der Waals surface area contributed by atoms with Crippen molar-refractivity contribution in [2.24, 2.45) is 10.4 Å². The Kier molecular flexibility index (Phi) is 26.7. The first kappa shape index (κ1) is 69.0. The zero-order valence-electron chi connectivity index (χ0n) is 46.8. The van der Waals surface area contributed by atoms with Crippen molar-refractivity contribution in [1.29, 1.82) is 0 Å². The summed E-state index contributed by atoms with van der Waals surface area (Å²) in [5.74, 6) is 2.08. The summed E-state index contributed by atoms with van der Waals surface area (Å²) in [6.45, 7) is 11.3. The number of benzene rings is 1. The highest BCUT2D eigenvalue weighted by Gasteiger charge is 2.32. The van der Waals surface area contributed by atoms with Crippen molar-refractivity contribution in [2.75, 3.05) is 100 Å². The maximum atomic E-state index is 14.5. The van der Waals surface area contributed by atoms with Crippen molar-refractivity contribution in [3.63, 3.8) is 0 Å². The van der Waals surface area contributed by atoms with E-state index in [1.807, 2.05) is 30.7 Å². The number of hydrogen-bond donors (Lipinski definition) is 7. The molecule has 2 aliphatic rings. The quantitative estimate of drug-likeness (QED) is 0.0424. The van der Waals surface area contributed by atoms with E-state index < -0.39 is 59.2 Å². The van der Waals surface area contributed by atoms with Gasteiger partial charge in [0.05, 0.1) is 69.7 Å². The predicted molar refractivity (Wildman–Crippen MR) is 306 cm³/mol. The number of rotatable bonds is 16. The van der Waals surface area contributed by atoms with E-state index in [0.717, 1.165) is 25.3 Å². The Morgan fingerprint density at radius 3 is 2.28 bits per heavy atom. The van der Waals surface area contributed by atoms with Gasteiger partial charge in [0.25, 0.3) is 21.8 Å². The Morgan fingerprint density at radius 1 is 1.09 bits per heavy atom. The monoisotopic (exact) mass is 1240 g/mol. The summed E-state index contributed by atoms with van der Waals surface area (Å²) in [5, 5.41) is 17.8. The number of nitrogens with zero attached hydrogens (tertiary/aromatic N) is 11. The molecule has 6 heterocycles. The molecule has 0 fully saturated rings. The van der Waals surface area contributed by atoms with Gasteiger partial charge >= 0.3 is 12.0 Å². The average Bonchev–Trinajstić information content (AvgIpc) is 4.08. The van der Waals surface area contributed by atoms with Crippen LogP contribution in [0.5, 0.6) is 17.5 Å². The van der Waals surface area contributed by atoms with E-state index in [4.69, 9.17) is 42.2 Å². The molecular formula is C47H65ClFN16O13PS3. The van der Waals surface area contributed by atoms with E-state index in [-0.39, 0.29) is 64.8 Å². The highest BCUT2D eigenvalue weighted by atomic mass is 35.5. The molecule has 35 heteroatoms. The van der Waals surface area contributed by atoms with Crippen LogP contribution in [0.25, 0.3) is 0 Å². The van der Waals surface area contributed by atoms with E-state index >= 15 is 0 Å². The maximum Gasteiger partial charge on any atom is 0.335 e. The summed E-state index contributed by atoms with van der Waals surface area (Å²) < 4.78 is 73.0. The lowest BCUT2D eigenvalue weighted by Gasteiger charge is -2.28. The van der Waals surface area contributed by atoms with Crippen molar-refractivity contribution in [3.05, 3.63) is 63.8 Å². The van der Waals surface area contributed by atoms with Gasteiger partial charge in [0.2, 0.25) is 39.7 Å². The standard InChI is InChI=1S/C18H17FN4O2S.C15H18N6O6S.C8H14ClN5.C3H8NO5P.C3H9S/c1-4-5-22-13-7-12(11(19)6-14(13)25-9-16(22)24)20-17-23-10-18(2,3)8-15(23)21-26-17;1-21(2)13(22)9-6-5-7-16-12(9)28(24,25)20-15(23)19-14-17-10(26-3)8-11(18-14)27-4;1-4-10-7-12-6(9)13-8(14-7)11-5(2)3;5-3(6)1-4-2-10(7,8)9;1-4(2)3/h1,6-7H,5,8-10H2,2-3H3;5-8H,1-4H3,(H2,17,18,19,20,23);5H,4H2,1-3H3,(H2,10,11,12,13,14);4H,1-2H2,(H,5,6)(H2,7,8,9);1-3H3/q;;;;+1/p-1/b20-17-;;;;. The van der Waals surface area contributed by atoms with Gasteiger partial charge in [-0.15, -0.1) is 6.42 Å². The zero-order valence-corrected chi connectivity index (χ0v) is 50.9. The Hall–Kier alpha value is -7.31. The van der Waals surface area contributed by atoms with Gasteiger partial charge in [-0.25, -0.2) is 23.9 Å². The van der Waals surface area contributed by atoms with Crippen LogP contribution < -0.4 is 54.8 Å². The van der Waals surface area contributed by atoms with Crippen LogP contribution in [0.2, 0.25) is 5.28 Å². The lowest BCUT2D eigenvalue weighted by molar-refractivity contribution is -0.193. The molecule has 2 aliphatic heterocycles. The van der Waals surface area contributed by atoms with Crippen LogP contribution in [-0.4, -0.2) is 172 Å². The molecule has 7 rings (SSSR count). The average molecular weight is 1240 g/mol. The third kappa shape index (κ3) is 22.9. The topological polar surface area (TPSA) is 385 Å². The molecule has 0 aliphatic carbocycles. The number of carboxylic acid groups (broad SMARTS) is 1. The minimum atomic E-state index is -4.46. The lowest BCUT2D eigenvalue weighted by Crippen LogP contribution is -2.39. The van der Waals surface area contributed by atoms with Crippen LogP contribution in [0.15, 0.2) is 46.5 Å². The number of aliphatic carboxylic acids is 1. The molecule has 0 radical (unpaired) electrons. The third-order valence-corrected chi connectivity index (χ3v) is 12.5. The number of fused-ring (bicyclic) bond motifs is 2. The van der Waals surface area contributed by atoms with Crippen molar-refractivity contribution in [3.8, 4) is 29.9 Å². The van der Waals surface area contributed by atoms with Gasteiger partial charge in [-0.3, -0.25) is 29.9 Å². The molecule has 29 nitrogen and oxygen atoms in total. The molecular weight excluding hydrogens is 1180 g/mol. The highest BCUT2D eigenvalue weighted by Crippen LogP contribution is 2.38. The number of anilines is 4. The third-order valence-electron chi connectivity index (χ3n) is 9.60. The van der Waals surface area contributed by atoms with Gasteiger partial charge in [-0.1, -0.05) is 19.8 Å². The predicted octanol–water partition coefficient (Wildman–Crippen LogP) is 2.79. The second-order valence-electron chi connectivity index (χ2n) is 18.5. The Labute approximate surface area is 485 Å². The largest absolute Gasteiger partial charge is 0.778 e. The van der Waals surface area contributed by atoms with Crippen molar-refractivity contribution in [2.45, 2.75) is 58.7 Å². The van der Waals surface area contributed by atoms with Crippen LogP contribution in [0.3, 0.4) is 0 Å². The maximum absolute atomic E-state index is 14.5. The van der Waals surface area contributed by atoms with Gasteiger partial charge in [0, 0.05) is 63.4 Å². The number of carboxylic acids is 1. The summed E-state index contributed by atoms with van der Waals surface area (Å²) in [4.78, 5) is 95.3. The Balaban J connectivity index is 0.000000299. The van der Waals surface area contributed by atoms with Crippen molar-refractivity contribution in [1.82, 2.24) is 53.8 Å². The van der Waals surface area contributed by atoms with Crippen LogP contribution in [0.4, 0.5) is 38.4 Å². The number of pyridine rings is 1. The molecule has 7 N–H and O–H groups in total. The second-order valence-corrected chi connectivity index (χ2v) is 25.2. The number of sulfonamides is 1. The normalized spacial score (nSPS) is 13.6. The Morgan fingerprint density at radius 2 is 1.72 bits per heavy atom. The number of nitrogens with one attached hydrogen (secondary N) is 5. The van der Waals surface area contributed by atoms with Gasteiger partial charge < -0.3 is 53.8 Å². The van der Waals surface area contributed by atoms with Crippen LogP contribution >= 0.6 is 30.7 Å². The number of amides is 4. The number of urea groups is 1. The minimum Gasteiger partial charge on any atom is -0.778 e. The second kappa shape index (κ2) is 31.8. The summed E-state index contributed by atoms with van der Waals surface area (Å²) in [7, 11) is -2.56. The summed E-state index contributed by atoms with van der Waals surface area (Å²) >= 11 is 6.97. The van der Waals surface area contributed by atoms with E-state index in [0.29, 0.717) is 39.0 Å². The molecule has 1 atom stereocenters. The van der Waals surface area contributed by atoms with Gasteiger partial charge in [-0.2, -0.15) is 37.7 Å². The molecule has 4 aromatic heterocycles. The van der Waals surface area contributed by atoms with Gasteiger partial charge in [-0.05, 0) is 66.9 Å². The number of halogens is 2. The fourth-order valence-electron chi connectivity index (χ4n) is 6.44. The fraction of sp³-hybridized carbons (Fsp3) is 0.447. The molecule has 1 unspecified atom stereocenters. The molecule has 448 valence electrons. The summed E-state index contributed by atoms with van der Waals surface area (Å²) in [6, 6.07) is 5.93. The zero-order chi connectivity index (χ0) is 61.7. The number of carbonyl (C=O) groups excluding carboxylic acids is 3. The van der Waals surface area contributed by atoms with Gasteiger partial charge in [0.15, 0.2) is 17.5 Å². The molecule has 0 spiro atoms. The number of ether oxygens (including phenoxy) is 3. The van der Waals surface area contributed by atoms with Crippen LogP contribution in [-0.2, 0) is 48.0 Å². The number of carbonyl (C=O) groups is 4. The highest BCUT2D eigenvalue weighted by molar-refractivity contribution is 7.94. The molecule has 0 saturated heterocycles. The molecule has 82 heavy (non-hydrogen) atoms. The molecule has 4 amide bonds. The smallest absolute Gasteiger partial charge is 0.335 e. The van der Waals surface area contributed by atoms with Crippen molar-refractivity contribution < 1.29 is 65.7 Å². The minimum absolute atomic E-state index is 0.0913. The Bertz CT molecular complexity index is 3280. The number of hydrogen-bond acceptors (Lipinski definition) is 23. The van der Waals surface area contributed by atoms with Crippen LogP contribution in [0.1, 0.15) is 50.8 Å². The number of methoxy groups -OCH3 is 2. The molecule has 0 saturated carbocycles. The van der Waals surface area contributed by atoms with E-state index in [9.17, 15) is 41.4 Å². The van der Waals surface area contributed by atoms with Crippen molar-refractivity contribution >= 4 is 105 Å². The first-order chi connectivity index (χ1) is 38.3. The lowest BCUT2D eigenvalue weighted by atomic mass is 9.92. The van der Waals surface area contributed by atoms with Crippen LogP contribution in [0, 0.1) is 23.6 Å². The van der Waals surface area contributed by atoms with E-state index in [1.54, 1.807) is 4.72 Å². The van der Waals surface area contributed by atoms with E-state index in [1.165, 1.54) is 86.2 Å². The fourth-order valence-corrected chi connectivity index (χ4v) is 8.78.